The molecular formula is C8H17NO. The second kappa shape index (κ2) is 2.21. The van der Waals surface area contributed by atoms with E-state index in [4.69, 9.17) is 0 Å². The smallest absolute Gasteiger partial charge is 0.110 e. The molecule has 1 rings (SSSR count). The molecule has 1 unspecified atom stereocenters. The lowest BCUT2D eigenvalue weighted by Gasteiger charge is -2.22. The molecular weight excluding hydrogens is 126 g/mol. The van der Waals surface area contributed by atoms with Gasteiger partial charge in [-0.15, -0.1) is 0 Å². The summed E-state index contributed by atoms with van der Waals surface area (Å²) in [4.78, 5) is 2.00. The van der Waals surface area contributed by atoms with Crippen molar-refractivity contribution in [1.82, 2.24) is 4.90 Å². The maximum absolute atomic E-state index is 9.53. The predicted octanol–water partition coefficient (Wildman–Crippen LogP) is 0.912. The van der Waals surface area contributed by atoms with Crippen LogP contribution in [-0.2, 0) is 0 Å². The zero-order valence-corrected chi connectivity index (χ0v) is 7.26. The lowest BCUT2D eigenvalue weighted by molar-refractivity contribution is 0.0230. The van der Waals surface area contributed by atoms with Crippen LogP contribution in [0.1, 0.15) is 20.8 Å². The van der Waals surface area contributed by atoms with Crippen molar-refractivity contribution in [3.05, 3.63) is 0 Å². The summed E-state index contributed by atoms with van der Waals surface area (Å²) in [6.45, 7) is 7.50. The van der Waals surface area contributed by atoms with Gasteiger partial charge in [-0.2, -0.15) is 0 Å². The molecule has 0 radical (unpaired) electrons. The first-order valence-electron chi connectivity index (χ1n) is 3.83. The molecule has 1 fully saturated rings. The van der Waals surface area contributed by atoms with Crippen molar-refractivity contribution in [2.45, 2.75) is 27.0 Å². The fourth-order valence-corrected chi connectivity index (χ4v) is 1.67. The second-order valence-corrected chi connectivity index (χ2v) is 4.11. The van der Waals surface area contributed by atoms with Gasteiger partial charge in [0.05, 0.1) is 0 Å². The van der Waals surface area contributed by atoms with E-state index in [-0.39, 0.29) is 11.6 Å². The van der Waals surface area contributed by atoms with Gasteiger partial charge in [0.1, 0.15) is 6.23 Å². The van der Waals surface area contributed by atoms with Crippen LogP contribution in [0.15, 0.2) is 0 Å². The van der Waals surface area contributed by atoms with E-state index >= 15 is 0 Å². The number of hydrogen-bond acceptors (Lipinski definition) is 2. The molecule has 1 heterocycles. The summed E-state index contributed by atoms with van der Waals surface area (Å²) in [5, 5.41) is 9.53. The number of aliphatic hydroxyl groups excluding tert-OH is 1. The summed E-state index contributed by atoms with van der Waals surface area (Å²) in [5.74, 6) is 0.387. The average Bonchev–Trinajstić information content (AvgIpc) is 1.95. The Balaban J connectivity index is 2.71. The lowest BCUT2D eigenvalue weighted by Crippen LogP contribution is -2.27. The summed E-state index contributed by atoms with van der Waals surface area (Å²) >= 11 is 0. The van der Waals surface area contributed by atoms with Crippen LogP contribution in [0.4, 0.5) is 0 Å². The number of hydrogen-bond donors (Lipinski definition) is 1. The van der Waals surface area contributed by atoms with Crippen molar-refractivity contribution < 1.29 is 5.11 Å². The molecule has 1 aliphatic rings. The monoisotopic (exact) mass is 143 g/mol. The first kappa shape index (κ1) is 8.02. The van der Waals surface area contributed by atoms with Gasteiger partial charge in [0.15, 0.2) is 0 Å². The highest BCUT2D eigenvalue weighted by molar-refractivity contribution is 4.89. The molecule has 1 aliphatic heterocycles. The molecule has 2 atom stereocenters. The highest BCUT2D eigenvalue weighted by Gasteiger charge is 2.41. The third kappa shape index (κ3) is 1.06. The van der Waals surface area contributed by atoms with E-state index in [2.05, 4.69) is 20.8 Å². The van der Waals surface area contributed by atoms with Gasteiger partial charge >= 0.3 is 0 Å². The van der Waals surface area contributed by atoms with Crippen molar-refractivity contribution in [3.8, 4) is 0 Å². The minimum absolute atomic E-state index is 0.241. The second-order valence-electron chi connectivity index (χ2n) is 4.11. The maximum Gasteiger partial charge on any atom is 0.110 e. The maximum atomic E-state index is 9.53. The molecule has 1 N–H and O–H groups in total. The number of rotatable bonds is 0. The van der Waals surface area contributed by atoms with Gasteiger partial charge in [0.25, 0.3) is 0 Å². The normalized spacial score (nSPS) is 40.5. The molecule has 0 aromatic rings. The predicted molar refractivity (Wildman–Crippen MR) is 41.6 cm³/mol. The third-order valence-corrected chi connectivity index (χ3v) is 2.79. The summed E-state index contributed by atoms with van der Waals surface area (Å²) in [6, 6.07) is 0. The number of likely N-dealkylation sites (tertiary alicyclic amines) is 1. The van der Waals surface area contributed by atoms with Crippen molar-refractivity contribution >= 4 is 0 Å². The average molecular weight is 143 g/mol. The molecule has 1 saturated heterocycles. The largest absolute Gasteiger partial charge is 0.378 e. The van der Waals surface area contributed by atoms with Gasteiger partial charge in [0.2, 0.25) is 0 Å². The Hall–Kier alpha value is -0.0800. The van der Waals surface area contributed by atoms with Gasteiger partial charge in [-0.3, -0.25) is 4.90 Å². The molecule has 0 spiro atoms. The van der Waals surface area contributed by atoms with E-state index in [0.29, 0.717) is 5.92 Å². The molecule has 60 valence electrons. The minimum Gasteiger partial charge on any atom is -0.378 e. The third-order valence-electron chi connectivity index (χ3n) is 2.79. The van der Waals surface area contributed by atoms with E-state index in [1.807, 2.05) is 11.9 Å². The summed E-state index contributed by atoms with van der Waals surface area (Å²) < 4.78 is 0. The van der Waals surface area contributed by atoms with E-state index in [0.717, 1.165) is 6.54 Å². The van der Waals surface area contributed by atoms with Crippen LogP contribution < -0.4 is 0 Å². The molecule has 0 amide bonds. The summed E-state index contributed by atoms with van der Waals surface area (Å²) in [7, 11) is 1.97. The van der Waals surface area contributed by atoms with Crippen molar-refractivity contribution in [2.75, 3.05) is 13.6 Å². The fraction of sp³-hybridized carbons (Fsp3) is 1.00. The standard InChI is InChI=1S/C8H17NO/c1-6-7(10)9(4)5-8(6,2)3/h6-7,10H,5H2,1-4H3/t6-,7?/m0/s1. The summed E-state index contributed by atoms with van der Waals surface area (Å²) in [5.41, 5.74) is 0.272. The van der Waals surface area contributed by atoms with Gasteiger partial charge in [-0.1, -0.05) is 20.8 Å². The summed E-state index contributed by atoms with van der Waals surface area (Å²) in [6.07, 6.45) is -0.241. The number of aliphatic hydroxyl groups is 1. The first-order chi connectivity index (χ1) is 4.45. The lowest BCUT2D eigenvalue weighted by atomic mass is 9.83. The fourth-order valence-electron chi connectivity index (χ4n) is 1.67. The van der Waals surface area contributed by atoms with E-state index in [1.54, 1.807) is 0 Å². The molecule has 2 nitrogen and oxygen atoms in total. The SMILES string of the molecule is C[C@H]1C(O)N(C)CC1(C)C. The molecule has 0 aromatic carbocycles. The zero-order valence-electron chi connectivity index (χ0n) is 7.26. The minimum atomic E-state index is -0.241. The molecule has 2 heteroatoms. The van der Waals surface area contributed by atoms with Gasteiger partial charge in [-0.25, -0.2) is 0 Å². The topological polar surface area (TPSA) is 23.5 Å². The Labute approximate surface area is 62.8 Å². The zero-order chi connectivity index (χ0) is 7.94. The van der Waals surface area contributed by atoms with Gasteiger partial charge in [0, 0.05) is 12.5 Å². The Kier molecular flexibility index (Phi) is 1.77. The van der Waals surface area contributed by atoms with Crippen LogP contribution >= 0.6 is 0 Å². The van der Waals surface area contributed by atoms with E-state index in [1.165, 1.54) is 0 Å². The van der Waals surface area contributed by atoms with Crippen molar-refractivity contribution in [3.63, 3.8) is 0 Å². The Bertz CT molecular complexity index is 133. The molecule has 0 aliphatic carbocycles. The van der Waals surface area contributed by atoms with Crippen molar-refractivity contribution in [1.29, 1.82) is 0 Å². The van der Waals surface area contributed by atoms with Crippen molar-refractivity contribution in [2.24, 2.45) is 11.3 Å². The highest BCUT2D eigenvalue weighted by Crippen LogP contribution is 2.37. The highest BCUT2D eigenvalue weighted by atomic mass is 16.3. The molecule has 0 saturated carbocycles. The van der Waals surface area contributed by atoms with Crippen LogP contribution in [0.3, 0.4) is 0 Å². The quantitative estimate of drug-likeness (QED) is 0.545. The van der Waals surface area contributed by atoms with Crippen LogP contribution in [0, 0.1) is 11.3 Å². The Morgan fingerprint density at radius 2 is 2.00 bits per heavy atom. The molecule has 0 aromatic heterocycles. The molecule has 10 heavy (non-hydrogen) atoms. The van der Waals surface area contributed by atoms with E-state index < -0.39 is 0 Å². The van der Waals surface area contributed by atoms with Crippen LogP contribution in [0.25, 0.3) is 0 Å². The first-order valence-corrected chi connectivity index (χ1v) is 3.83. The number of nitrogens with zero attached hydrogens (tertiary/aromatic N) is 1. The van der Waals surface area contributed by atoms with Crippen LogP contribution in [-0.4, -0.2) is 29.8 Å². The van der Waals surface area contributed by atoms with Crippen LogP contribution in [0.5, 0.6) is 0 Å². The van der Waals surface area contributed by atoms with Gasteiger partial charge < -0.3 is 5.11 Å². The van der Waals surface area contributed by atoms with E-state index in [9.17, 15) is 5.11 Å². The van der Waals surface area contributed by atoms with Gasteiger partial charge in [-0.05, 0) is 12.5 Å². The Morgan fingerprint density at radius 3 is 2.10 bits per heavy atom. The molecule has 0 bridgehead atoms. The van der Waals surface area contributed by atoms with Crippen LogP contribution in [0.2, 0.25) is 0 Å². The Morgan fingerprint density at radius 1 is 1.50 bits per heavy atom.